The maximum absolute atomic E-state index is 11.2. The van der Waals surface area contributed by atoms with Gasteiger partial charge < -0.3 is 14.2 Å². The fraction of sp³-hybridized carbons (Fsp3) is 0.833. The van der Waals surface area contributed by atoms with Gasteiger partial charge in [-0.1, -0.05) is 13.8 Å². The van der Waals surface area contributed by atoms with E-state index in [0.717, 1.165) is 12.8 Å². The summed E-state index contributed by atoms with van der Waals surface area (Å²) >= 11 is 0. The van der Waals surface area contributed by atoms with Crippen LogP contribution in [0.3, 0.4) is 0 Å². The predicted molar refractivity (Wildman–Crippen MR) is 68.3 cm³/mol. The van der Waals surface area contributed by atoms with Gasteiger partial charge in [-0.05, 0) is 19.8 Å². The van der Waals surface area contributed by atoms with Crippen molar-refractivity contribution in [1.29, 1.82) is 0 Å². The van der Waals surface area contributed by atoms with Gasteiger partial charge in [0.2, 0.25) is 0 Å². The molecule has 18 heavy (non-hydrogen) atoms. The minimum atomic E-state index is -0.539. The average molecular weight is 361 g/mol. The van der Waals surface area contributed by atoms with Gasteiger partial charge in [0.15, 0.2) is 6.29 Å². The summed E-state index contributed by atoms with van der Waals surface area (Å²) in [5, 5.41) is 0. The summed E-state index contributed by atoms with van der Waals surface area (Å²) in [4.78, 5) is 21.8. The molecule has 3 radical (unpaired) electrons. The molecule has 0 spiro atoms. The Kier molecular flexibility index (Phi) is 15.0. The minimum absolute atomic E-state index is 0. The second kappa shape index (κ2) is 13.4. The van der Waals surface area contributed by atoms with Crippen molar-refractivity contribution in [2.24, 2.45) is 0 Å². The van der Waals surface area contributed by atoms with Crippen molar-refractivity contribution in [2.45, 2.75) is 46.3 Å². The van der Waals surface area contributed by atoms with Gasteiger partial charge in [0.1, 0.15) is 18.8 Å². The number of carbonyl (C=O) groups excluding carboxylic acids is 2. The molecule has 0 atom stereocenters. The molecule has 0 rings (SSSR count). The zero-order valence-electron chi connectivity index (χ0n) is 11.4. The maximum Gasteiger partial charge on any atom is 0.313 e. The van der Waals surface area contributed by atoms with Crippen LogP contribution < -0.4 is 0 Å². The van der Waals surface area contributed by atoms with E-state index in [1.807, 2.05) is 13.8 Å². The SMILES string of the molecule is CCCOC(COC(=O)CC(C)=O)OCCC.[In]. The van der Waals surface area contributed by atoms with Crippen molar-refractivity contribution in [3.8, 4) is 0 Å². The van der Waals surface area contributed by atoms with Crippen LogP contribution >= 0.6 is 0 Å². The molecular weight excluding hydrogens is 339 g/mol. The number of hydrogen-bond acceptors (Lipinski definition) is 5. The van der Waals surface area contributed by atoms with Gasteiger partial charge in [-0.3, -0.25) is 9.59 Å². The molecular formula is C12H22InO5. The fourth-order valence-corrected chi connectivity index (χ4v) is 1.06. The molecule has 0 aliphatic rings. The van der Waals surface area contributed by atoms with Crippen LogP contribution in [0.5, 0.6) is 0 Å². The summed E-state index contributed by atoms with van der Waals surface area (Å²) in [5.74, 6) is -0.752. The van der Waals surface area contributed by atoms with E-state index in [1.165, 1.54) is 6.92 Å². The van der Waals surface area contributed by atoms with E-state index in [-0.39, 0.29) is 44.7 Å². The predicted octanol–water partition coefficient (Wildman–Crippen LogP) is 1.31. The molecule has 5 nitrogen and oxygen atoms in total. The van der Waals surface area contributed by atoms with Gasteiger partial charge in [-0.15, -0.1) is 0 Å². The number of ether oxygens (including phenoxy) is 3. The first-order valence-corrected chi connectivity index (χ1v) is 5.98. The Morgan fingerprint density at radius 1 is 1.06 bits per heavy atom. The molecule has 0 aromatic carbocycles. The van der Waals surface area contributed by atoms with Gasteiger partial charge in [0.25, 0.3) is 0 Å². The van der Waals surface area contributed by atoms with Crippen LogP contribution in [-0.4, -0.2) is 63.7 Å². The zero-order chi connectivity index (χ0) is 13.1. The maximum atomic E-state index is 11.2. The Balaban J connectivity index is 0. The third kappa shape index (κ3) is 12.4. The molecule has 0 heterocycles. The molecule has 0 aromatic rings. The second-order valence-corrected chi connectivity index (χ2v) is 3.73. The van der Waals surface area contributed by atoms with Crippen molar-refractivity contribution >= 4 is 37.6 Å². The fourth-order valence-electron chi connectivity index (χ4n) is 1.06. The first kappa shape index (κ1) is 20.3. The molecule has 0 fully saturated rings. The van der Waals surface area contributed by atoms with Crippen LogP contribution in [0.2, 0.25) is 0 Å². The van der Waals surface area contributed by atoms with E-state index >= 15 is 0 Å². The number of hydrogen-bond donors (Lipinski definition) is 0. The van der Waals surface area contributed by atoms with E-state index in [9.17, 15) is 9.59 Å². The summed E-state index contributed by atoms with van der Waals surface area (Å²) in [5.41, 5.74) is 0. The van der Waals surface area contributed by atoms with Gasteiger partial charge in [0.05, 0.1) is 0 Å². The third-order valence-corrected chi connectivity index (χ3v) is 1.79. The number of carbonyl (C=O) groups is 2. The van der Waals surface area contributed by atoms with Crippen molar-refractivity contribution in [1.82, 2.24) is 0 Å². The second-order valence-electron chi connectivity index (χ2n) is 3.73. The van der Waals surface area contributed by atoms with Crippen molar-refractivity contribution < 1.29 is 23.8 Å². The van der Waals surface area contributed by atoms with E-state index in [1.54, 1.807) is 0 Å². The van der Waals surface area contributed by atoms with Gasteiger partial charge in [0, 0.05) is 39.1 Å². The van der Waals surface area contributed by atoms with E-state index in [4.69, 9.17) is 14.2 Å². The van der Waals surface area contributed by atoms with Crippen LogP contribution in [-0.2, 0) is 23.8 Å². The van der Waals surface area contributed by atoms with Gasteiger partial charge in [-0.2, -0.15) is 0 Å². The number of Topliss-reactive ketones (excluding diaryl/α,β-unsaturated/α-hetero) is 1. The quantitative estimate of drug-likeness (QED) is 0.334. The van der Waals surface area contributed by atoms with Crippen molar-refractivity contribution in [2.75, 3.05) is 19.8 Å². The third-order valence-electron chi connectivity index (χ3n) is 1.79. The van der Waals surface area contributed by atoms with Crippen LogP contribution in [0.15, 0.2) is 0 Å². The van der Waals surface area contributed by atoms with Crippen LogP contribution in [0.1, 0.15) is 40.0 Å². The normalized spacial score (nSPS) is 10.0. The Labute approximate surface area is 127 Å². The first-order valence-electron chi connectivity index (χ1n) is 5.98. The number of esters is 1. The molecule has 0 bridgehead atoms. The molecule has 0 N–H and O–H groups in total. The molecule has 6 heteroatoms. The molecule has 0 saturated carbocycles. The van der Waals surface area contributed by atoms with Gasteiger partial charge >= 0.3 is 5.97 Å². The Morgan fingerprint density at radius 3 is 1.94 bits per heavy atom. The number of rotatable bonds is 10. The van der Waals surface area contributed by atoms with E-state index in [0.29, 0.717) is 13.2 Å². The Hall–Kier alpha value is -0.0699. The summed E-state index contributed by atoms with van der Waals surface area (Å²) in [7, 11) is 0. The number of ketones is 1. The summed E-state index contributed by atoms with van der Waals surface area (Å²) in [6.45, 7) is 6.46. The molecule has 0 aromatic heterocycles. The molecule has 0 aliphatic heterocycles. The molecule has 0 saturated heterocycles. The summed E-state index contributed by atoms with van der Waals surface area (Å²) in [6, 6.07) is 0. The van der Waals surface area contributed by atoms with Crippen LogP contribution in [0.4, 0.5) is 0 Å². The van der Waals surface area contributed by atoms with Crippen molar-refractivity contribution in [3.05, 3.63) is 0 Å². The minimum Gasteiger partial charge on any atom is -0.460 e. The topological polar surface area (TPSA) is 61.8 Å². The molecule has 103 valence electrons. The monoisotopic (exact) mass is 361 g/mol. The van der Waals surface area contributed by atoms with Gasteiger partial charge in [-0.25, -0.2) is 0 Å². The van der Waals surface area contributed by atoms with Crippen LogP contribution in [0, 0.1) is 0 Å². The van der Waals surface area contributed by atoms with E-state index < -0.39 is 12.3 Å². The Bertz CT molecular complexity index is 225. The molecule has 0 unspecified atom stereocenters. The standard InChI is InChI=1S/C12H22O5.In/c1-4-6-15-12(16-7-5-2)9-17-11(14)8-10(3)13;/h12H,4-9H2,1-3H3;. The largest absolute Gasteiger partial charge is 0.460 e. The summed E-state index contributed by atoms with van der Waals surface area (Å²) in [6.07, 6.45) is 1.00. The van der Waals surface area contributed by atoms with E-state index in [2.05, 4.69) is 0 Å². The average Bonchev–Trinajstić information content (AvgIpc) is 2.27. The summed E-state index contributed by atoms with van der Waals surface area (Å²) < 4.78 is 15.6. The smallest absolute Gasteiger partial charge is 0.313 e. The molecule has 0 aliphatic carbocycles. The Morgan fingerprint density at radius 2 is 1.56 bits per heavy atom. The first-order chi connectivity index (χ1) is 8.10. The molecule has 0 amide bonds. The van der Waals surface area contributed by atoms with Crippen LogP contribution in [0.25, 0.3) is 0 Å². The van der Waals surface area contributed by atoms with Crippen molar-refractivity contribution in [3.63, 3.8) is 0 Å². The zero-order valence-corrected chi connectivity index (χ0v) is 14.7.